The number of carbonyl (C=O) groups is 1. The van der Waals surface area contributed by atoms with Crippen molar-refractivity contribution in [3.05, 3.63) is 0 Å². The zero-order chi connectivity index (χ0) is 18.9. The first-order chi connectivity index (χ1) is 12.1. The molecule has 0 aliphatic heterocycles. The van der Waals surface area contributed by atoms with Gasteiger partial charge in [-0.3, -0.25) is 4.79 Å². The van der Waals surface area contributed by atoms with Gasteiger partial charge in [-0.15, -0.1) is 0 Å². The van der Waals surface area contributed by atoms with Gasteiger partial charge in [0.05, 0.1) is 0 Å². The first-order valence-corrected chi connectivity index (χ1v) is 11.3. The SMILES string of the molecule is CC(=O)OC1CC2(C)C(CCC3C4(C)CCC[C@@H](C)C4CC[C@@]32C)C1C. The third kappa shape index (κ3) is 2.32. The summed E-state index contributed by atoms with van der Waals surface area (Å²) in [6.07, 6.45) is 11.1. The summed E-state index contributed by atoms with van der Waals surface area (Å²) >= 11 is 0. The Morgan fingerprint density at radius 2 is 1.65 bits per heavy atom. The Kier molecular flexibility index (Phi) is 4.33. The monoisotopic (exact) mass is 360 g/mol. The molecule has 0 heterocycles. The van der Waals surface area contributed by atoms with Crippen molar-refractivity contribution >= 4 is 5.97 Å². The van der Waals surface area contributed by atoms with Crippen LogP contribution in [0.1, 0.15) is 92.9 Å². The zero-order valence-corrected chi connectivity index (χ0v) is 17.9. The molecular formula is C24H40O2. The molecule has 0 radical (unpaired) electrons. The lowest BCUT2D eigenvalue weighted by molar-refractivity contribution is -0.189. The van der Waals surface area contributed by atoms with E-state index in [1.165, 1.54) is 44.9 Å². The number of rotatable bonds is 1. The second kappa shape index (κ2) is 5.98. The fraction of sp³-hybridized carbons (Fsp3) is 0.958. The summed E-state index contributed by atoms with van der Waals surface area (Å²) in [7, 11) is 0. The number of carbonyl (C=O) groups excluding carboxylic acids is 1. The van der Waals surface area contributed by atoms with E-state index in [0.717, 1.165) is 24.2 Å². The summed E-state index contributed by atoms with van der Waals surface area (Å²) in [6, 6.07) is 0. The van der Waals surface area contributed by atoms with Crippen LogP contribution in [0.25, 0.3) is 0 Å². The molecular weight excluding hydrogens is 320 g/mol. The van der Waals surface area contributed by atoms with E-state index in [1.54, 1.807) is 6.92 Å². The fourth-order valence-corrected chi connectivity index (χ4v) is 9.12. The molecule has 0 spiro atoms. The molecule has 0 N–H and O–H groups in total. The van der Waals surface area contributed by atoms with Crippen LogP contribution < -0.4 is 0 Å². The van der Waals surface area contributed by atoms with E-state index in [9.17, 15) is 4.79 Å². The van der Waals surface area contributed by atoms with Crippen molar-refractivity contribution in [2.24, 2.45) is 45.8 Å². The second-order valence-electron chi connectivity index (χ2n) is 11.3. The molecule has 4 rings (SSSR count). The van der Waals surface area contributed by atoms with Gasteiger partial charge in [-0.25, -0.2) is 0 Å². The van der Waals surface area contributed by atoms with E-state index in [4.69, 9.17) is 4.74 Å². The van der Waals surface area contributed by atoms with E-state index in [-0.39, 0.29) is 12.1 Å². The maximum Gasteiger partial charge on any atom is 0.302 e. The van der Waals surface area contributed by atoms with Gasteiger partial charge >= 0.3 is 5.97 Å². The van der Waals surface area contributed by atoms with Gasteiger partial charge in [0, 0.05) is 6.92 Å². The van der Waals surface area contributed by atoms with Crippen LogP contribution >= 0.6 is 0 Å². The molecule has 0 aromatic heterocycles. The van der Waals surface area contributed by atoms with Gasteiger partial charge in [-0.1, -0.05) is 47.5 Å². The van der Waals surface area contributed by atoms with E-state index in [1.807, 2.05) is 0 Å². The minimum atomic E-state index is -0.0948. The average molecular weight is 361 g/mol. The van der Waals surface area contributed by atoms with Crippen LogP contribution in [-0.2, 0) is 9.53 Å². The molecule has 9 atom stereocenters. The molecule has 7 unspecified atom stereocenters. The molecule has 4 aliphatic rings. The maximum absolute atomic E-state index is 11.7. The van der Waals surface area contributed by atoms with Crippen LogP contribution in [0.2, 0.25) is 0 Å². The van der Waals surface area contributed by atoms with Crippen LogP contribution in [-0.4, -0.2) is 12.1 Å². The molecule has 0 saturated heterocycles. The smallest absolute Gasteiger partial charge is 0.302 e. The Bertz CT molecular complexity index is 585. The lowest BCUT2D eigenvalue weighted by Gasteiger charge is -2.67. The molecule has 4 aliphatic carbocycles. The van der Waals surface area contributed by atoms with Gasteiger partial charge < -0.3 is 4.74 Å². The molecule has 0 aromatic carbocycles. The number of hydrogen-bond donors (Lipinski definition) is 0. The van der Waals surface area contributed by atoms with Gasteiger partial charge in [-0.2, -0.15) is 0 Å². The third-order valence-corrected chi connectivity index (χ3v) is 10.5. The van der Waals surface area contributed by atoms with E-state index in [0.29, 0.717) is 28.1 Å². The lowest BCUT2D eigenvalue weighted by atomic mass is 9.37. The Balaban J connectivity index is 1.69. The predicted octanol–water partition coefficient (Wildman–Crippen LogP) is 6.23. The Morgan fingerprint density at radius 1 is 0.923 bits per heavy atom. The Hall–Kier alpha value is -0.530. The van der Waals surface area contributed by atoms with Crippen molar-refractivity contribution in [2.75, 3.05) is 0 Å². The predicted molar refractivity (Wildman–Crippen MR) is 106 cm³/mol. The van der Waals surface area contributed by atoms with Gasteiger partial charge in [0.1, 0.15) is 6.10 Å². The summed E-state index contributed by atoms with van der Waals surface area (Å²) in [5.74, 6) is 3.81. The largest absolute Gasteiger partial charge is 0.462 e. The van der Waals surface area contributed by atoms with Crippen LogP contribution in [0, 0.1) is 45.8 Å². The summed E-state index contributed by atoms with van der Waals surface area (Å²) in [6.45, 7) is 14.3. The molecule has 148 valence electrons. The summed E-state index contributed by atoms with van der Waals surface area (Å²) in [5.41, 5.74) is 1.26. The summed E-state index contributed by atoms with van der Waals surface area (Å²) < 4.78 is 5.82. The number of hydrogen-bond acceptors (Lipinski definition) is 2. The zero-order valence-electron chi connectivity index (χ0n) is 17.9. The van der Waals surface area contributed by atoms with Crippen LogP contribution in [0.15, 0.2) is 0 Å². The second-order valence-corrected chi connectivity index (χ2v) is 11.3. The van der Waals surface area contributed by atoms with Crippen molar-refractivity contribution < 1.29 is 9.53 Å². The average Bonchev–Trinajstić information content (AvgIpc) is 2.79. The van der Waals surface area contributed by atoms with Crippen molar-refractivity contribution in [3.63, 3.8) is 0 Å². The minimum Gasteiger partial charge on any atom is -0.462 e. The van der Waals surface area contributed by atoms with E-state index >= 15 is 0 Å². The number of ether oxygens (including phenoxy) is 1. The lowest BCUT2D eigenvalue weighted by Crippen LogP contribution is -2.60. The molecule has 0 aromatic rings. The Labute approximate surface area is 160 Å². The van der Waals surface area contributed by atoms with Crippen molar-refractivity contribution in [2.45, 2.75) is 99.0 Å². The third-order valence-electron chi connectivity index (χ3n) is 10.5. The van der Waals surface area contributed by atoms with Crippen LogP contribution in [0.3, 0.4) is 0 Å². The molecule has 0 bridgehead atoms. The van der Waals surface area contributed by atoms with E-state index < -0.39 is 0 Å². The molecule has 0 amide bonds. The van der Waals surface area contributed by atoms with Crippen LogP contribution in [0.4, 0.5) is 0 Å². The highest BCUT2D eigenvalue weighted by atomic mass is 16.5. The van der Waals surface area contributed by atoms with Gasteiger partial charge in [-0.05, 0) is 84.4 Å². The molecule has 4 saturated carbocycles. The highest BCUT2D eigenvalue weighted by Crippen LogP contribution is 2.74. The molecule has 4 fully saturated rings. The van der Waals surface area contributed by atoms with E-state index in [2.05, 4.69) is 34.6 Å². The Morgan fingerprint density at radius 3 is 2.35 bits per heavy atom. The highest BCUT2D eigenvalue weighted by Gasteiger charge is 2.68. The topological polar surface area (TPSA) is 26.3 Å². The van der Waals surface area contributed by atoms with Gasteiger partial charge in [0.25, 0.3) is 0 Å². The van der Waals surface area contributed by atoms with Crippen LogP contribution in [0.5, 0.6) is 0 Å². The normalized spacial score (nSPS) is 56.2. The molecule has 26 heavy (non-hydrogen) atoms. The summed E-state index contributed by atoms with van der Waals surface area (Å²) in [5, 5.41) is 0. The van der Waals surface area contributed by atoms with Crippen molar-refractivity contribution in [1.82, 2.24) is 0 Å². The standard InChI is InChI=1S/C24H40O2/c1-15-8-7-12-22(4)18(15)11-13-23(5)21(22)10-9-19-16(2)20(26-17(3)25)14-24(19,23)6/h15-16,18-21H,7-14H2,1-6H3/t15-,16?,18?,19?,20?,21?,22?,23+,24?/m1/s1. The van der Waals surface area contributed by atoms with Crippen molar-refractivity contribution in [3.8, 4) is 0 Å². The maximum atomic E-state index is 11.7. The van der Waals surface area contributed by atoms with Gasteiger partial charge in [0.15, 0.2) is 0 Å². The first-order valence-electron chi connectivity index (χ1n) is 11.3. The molecule has 2 nitrogen and oxygen atoms in total. The quantitative estimate of drug-likeness (QED) is 0.518. The first kappa shape index (κ1) is 18.8. The highest BCUT2D eigenvalue weighted by molar-refractivity contribution is 5.66. The van der Waals surface area contributed by atoms with Crippen molar-refractivity contribution in [1.29, 1.82) is 0 Å². The van der Waals surface area contributed by atoms with Gasteiger partial charge in [0.2, 0.25) is 0 Å². The summed E-state index contributed by atoms with van der Waals surface area (Å²) in [4.78, 5) is 11.7. The number of esters is 1. The number of fused-ring (bicyclic) bond motifs is 5. The fourth-order valence-electron chi connectivity index (χ4n) is 9.12. The minimum absolute atomic E-state index is 0.0948. The molecule has 2 heteroatoms.